The lowest BCUT2D eigenvalue weighted by molar-refractivity contribution is 0.411. The molecular weight excluding hydrogens is 204 g/mol. The summed E-state index contributed by atoms with van der Waals surface area (Å²) in [5.74, 6) is 1.04. The summed E-state index contributed by atoms with van der Waals surface area (Å²) in [5.41, 5.74) is 2.36. The Balaban J connectivity index is 2.43. The zero-order chi connectivity index (χ0) is 11.5. The van der Waals surface area contributed by atoms with Gasteiger partial charge in [0, 0.05) is 11.1 Å². The number of aromatic nitrogens is 1. The maximum absolute atomic E-state index is 8.76. The normalized spacial score (nSPS) is 9.81. The molecule has 0 amide bonds. The van der Waals surface area contributed by atoms with Gasteiger partial charge in [0.1, 0.15) is 17.5 Å². The predicted molar refractivity (Wildman–Crippen MR) is 57.9 cm³/mol. The first kappa shape index (κ1) is 10.2. The zero-order valence-electron chi connectivity index (χ0n) is 9.02. The minimum absolute atomic E-state index is 0.255. The summed E-state index contributed by atoms with van der Waals surface area (Å²) < 4.78 is 9.98. The molecule has 0 fully saturated rings. The number of methoxy groups -OCH3 is 1. The molecule has 2 rings (SSSR count). The van der Waals surface area contributed by atoms with Gasteiger partial charge in [-0.15, -0.1) is 0 Å². The number of nitriles is 1. The van der Waals surface area contributed by atoms with E-state index < -0.39 is 0 Å². The van der Waals surface area contributed by atoms with Crippen LogP contribution in [0.15, 0.2) is 28.8 Å². The highest BCUT2D eigenvalue weighted by atomic mass is 16.5. The standard InChI is InChI=1S/C12H10N2O2/c1-8-11(7-13)16-14-12(8)9-3-5-10(15-2)6-4-9/h3-6H,1-2H3. The smallest absolute Gasteiger partial charge is 0.239 e. The van der Waals surface area contributed by atoms with Crippen LogP contribution in [0.4, 0.5) is 0 Å². The van der Waals surface area contributed by atoms with E-state index in [1.807, 2.05) is 37.3 Å². The molecule has 0 spiro atoms. The summed E-state index contributed by atoms with van der Waals surface area (Å²) >= 11 is 0. The van der Waals surface area contributed by atoms with Crippen LogP contribution in [0, 0.1) is 18.3 Å². The van der Waals surface area contributed by atoms with Crippen LogP contribution in [0.3, 0.4) is 0 Å². The summed E-state index contributed by atoms with van der Waals surface area (Å²) in [7, 11) is 1.62. The highest BCUT2D eigenvalue weighted by Crippen LogP contribution is 2.25. The van der Waals surface area contributed by atoms with E-state index in [0.29, 0.717) is 5.69 Å². The average molecular weight is 214 g/mol. The summed E-state index contributed by atoms with van der Waals surface area (Å²) in [4.78, 5) is 0. The van der Waals surface area contributed by atoms with Crippen molar-refractivity contribution in [3.63, 3.8) is 0 Å². The Labute approximate surface area is 93.1 Å². The second kappa shape index (κ2) is 4.07. The third kappa shape index (κ3) is 1.63. The van der Waals surface area contributed by atoms with Crippen LogP contribution in [-0.4, -0.2) is 12.3 Å². The second-order valence-electron chi connectivity index (χ2n) is 3.33. The first-order chi connectivity index (χ1) is 7.76. The molecule has 2 aromatic rings. The molecule has 0 unspecified atom stereocenters. The fourth-order valence-corrected chi connectivity index (χ4v) is 1.46. The SMILES string of the molecule is COc1ccc(-c2noc(C#N)c2C)cc1. The zero-order valence-corrected chi connectivity index (χ0v) is 9.02. The van der Waals surface area contributed by atoms with Gasteiger partial charge < -0.3 is 9.26 Å². The predicted octanol–water partition coefficient (Wildman–Crippen LogP) is 2.53. The molecule has 0 saturated carbocycles. The summed E-state index contributed by atoms with van der Waals surface area (Å²) in [6, 6.07) is 9.40. The summed E-state index contributed by atoms with van der Waals surface area (Å²) in [6.07, 6.45) is 0. The highest BCUT2D eigenvalue weighted by molar-refractivity contribution is 5.64. The molecule has 4 nitrogen and oxygen atoms in total. The van der Waals surface area contributed by atoms with Crippen LogP contribution >= 0.6 is 0 Å². The van der Waals surface area contributed by atoms with Crippen LogP contribution in [0.1, 0.15) is 11.3 Å². The van der Waals surface area contributed by atoms with Crippen molar-refractivity contribution >= 4 is 0 Å². The topological polar surface area (TPSA) is 59.1 Å². The van der Waals surface area contributed by atoms with E-state index in [0.717, 1.165) is 16.9 Å². The second-order valence-corrected chi connectivity index (χ2v) is 3.33. The van der Waals surface area contributed by atoms with Crippen molar-refractivity contribution in [2.24, 2.45) is 0 Å². The van der Waals surface area contributed by atoms with E-state index in [9.17, 15) is 0 Å². The van der Waals surface area contributed by atoms with Crippen molar-refractivity contribution in [1.29, 1.82) is 5.26 Å². The summed E-state index contributed by atoms with van der Waals surface area (Å²) in [5, 5.41) is 12.6. The molecule has 0 aliphatic carbocycles. The van der Waals surface area contributed by atoms with E-state index >= 15 is 0 Å². The van der Waals surface area contributed by atoms with Gasteiger partial charge in [0.05, 0.1) is 7.11 Å². The monoisotopic (exact) mass is 214 g/mol. The molecule has 0 saturated heterocycles. The molecule has 0 atom stereocenters. The Morgan fingerprint density at radius 3 is 2.50 bits per heavy atom. The van der Waals surface area contributed by atoms with Crippen molar-refractivity contribution in [3.8, 4) is 23.1 Å². The van der Waals surface area contributed by atoms with Gasteiger partial charge in [0.15, 0.2) is 0 Å². The number of rotatable bonds is 2. The van der Waals surface area contributed by atoms with Gasteiger partial charge in [0.25, 0.3) is 0 Å². The minimum atomic E-state index is 0.255. The van der Waals surface area contributed by atoms with Crippen molar-refractivity contribution in [2.75, 3.05) is 7.11 Å². The molecule has 1 heterocycles. The molecular formula is C12H10N2O2. The van der Waals surface area contributed by atoms with E-state index in [4.69, 9.17) is 14.5 Å². The van der Waals surface area contributed by atoms with Crippen LogP contribution in [-0.2, 0) is 0 Å². The lowest BCUT2D eigenvalue weighted by Crippen LogP contribution is -1.84. The fraction of sp³-hybridized carbons (Fsp3) is 0.167. The summed E-state index contributed by atoms with van der Waals surface area (Å²) in [6.45, 7) is 1.81. The van der Waals surface area contributed by atoms with Crippen molar-refractivity contribution in [2.45, 2.75) is 6.92 Å². The van der Waals surface area contributed by atoms with Crippen LogP contribution in [0.25, 0.3) is 11.3 Å². The third-order valence-electron chi connectivity index (χ3n) is 2.39. The van der Waals surface area contributed by atoms with E-state index in [1.54, 1.807) is 7.11 Å². The Kier molecular flexibility index (Phi) is 2.61. The third-order valence-corrected chi connectivity index (χ3v) is 2.39. The van der Waals surface area contributed by atoms with Gasteiger partial charge in [-0.25, -0.2) is 0 Å². The molecule has 0 bridgehead atoms. The van der Waals surface area contributed by atoms with E-state index in [-0.39, 0.29) is 5.76 Å². The molecule has 16 heavy (non-hydrogen) atoms. The Hall–Kier alpha value is -2.28. The number of hydrogen-bond acceptors (Lipinski definition) is 4. The van der Waals surface area contributed by atoms with Crippen LogP contribution in [0.2, 0.25) is 0 Å². The lowest BCUT2D eigenvalue weighted by atomic mass is 10.1. The van der Waals surface area contributed by atoms with Gasteiger partial charge >= 0.3 is 0 Å². The van der Waals surface area contributed by atoms with Gasteiger partial charge in [0.2, 0.25) is 5.76 Å². The first-order valence-electron chi connectivity index (χ1n) is 4.77. The largest absolute Gasteiger partial charge is 0.497 e. The molecule has 0 N–H and O–H groups in total. The molecule has 0 radical (unpaired) electrons. The van der Waals surface area contributed by atoms with Crippen molar-refractivity contribution in [3.05, 3.63) is 35.6 Å². The van der Waals surface area contributed by atoms with Gasteiger partial charge in [-0.2, -0.15) is 5.26 Å². The maximum atomic E-state index is 8.76. The molecule has 1 aromatic heterocycles. The first-order valence-corrected chi connectivity index (χ1v) is 4.77. The molecule has 4 heteroatoms. The Bertz CT molecular complexity index is 535. The molecule has 1 aromatic carbocycles. The Morgan fingerprint density at radius 1 is 1.31 bits per heavy atom. The quantitative estimate of drug-likeness (QED) is 0.770. The van der Waals surface area contributed by atoms with E-state index in [2.05, 4.69) is 5.16 Å². The van der Waals surface area contributed by atoms with Gasteiger partial charge in [-0.1, -0.05) is 5.16 Å². The molecule has 80 valence electrons. The molecule has 0 aliphatic heterocycles. The number of benzene rings is 1. The maximum Gasteiger partial charge on any atom is 0.239 e. The average Bonchev–Trinajstić information content (AvgIpc) is 2.70. The fourth-order valence-electron chi connectivity index (χ4n) is 1.46. The minimum Gasteiger partial charge on any atom is -0.497 e. The lowest BCUT2D eigenvalue weighted by Gasteiger charge is -2.00. The Morgan fingerprint density at radius 2 is 2.00 bits per heavy atom. The molecule has 0 aliphatic rings. The van der Waals surface area contributed by atoms with Crippen molar-refractivity contribution < 1.29 is 9.26 Å². The van der Waals surface area contributed by atoms with Crippen molar-refractivity contribution in [1.82, 2.24) is 5.16 Å². The van der Waals surface area contributed by atoms with Crippen LogP contribution in [0.5, 0.6) is 5.75 Å². The number of ether oxygens (including phenoxy) is 1. The number of nitrogens with zero attached hydrogens (tertiary/aromatic N) is 2. The van der Waals surface area contributed by atoms with E-state index in [1.165, 1.54) is 0 Å². The highest BCUT2D eigenvalue weighted by Gasteiger charge is 2.12. The van der Waals surface area contributed by atoms with Crippen LogP contribution < -0.4 is 4.74 Å². The van der Waals surface area contributed by atoms with Gasteiger partial charge in [-0.3, -0.25) is 0 Å². The number of hydrogen-bond donors (Lipinski definition) is 0. The van der Waals surface area contributed by atoms with Gasteiger partial charge in [-0.05, 0) is 31.2 Å².